The molecule has 120 valence electrons. The summed E-state index contributed by atoms with van der Waals surface area (Å²) in [7, 11) is 3.38. The number of ether oxygens (including phenoxy) is 2. The van der Waals surface area contributed by atoms with Crippen molar-refractivity contribution in [2.75, 3.05) is 27.3 Å². The van der Waals surface area contributed by atoms with Gasteiger partial charge in [-0.2, -0.15) is 0 Å². The summed E-state index contributed by atoms with van der Waals surface area (Å²) >= 11 is 0. The molecule has 2 unspecified atom stereocenters. The van der Waals surface area contributed by atoms with Gasteiger partial charge in [0.2, 0.25) is 0 Å². The first-order valence-corrected chi connectivity index (χ1v) is 8.36. The molecule has 0 spiro atoms. The highest BCUT2D eigenvalue weighted by Crippen LogP contribution is 2.45. The van der Waals surface area contributed by atoms with Crippen molar-refractivity contribution in [1.82, 2.24) is 4.90 Å². The number of methoxy groups -OCH3 is 2. The van der Waals surface area contributed by atoms with Crippen molar-refractivity contribution >= 4 is 0 Å². The SMILES string of the molecule is COc1ccc(C2CN3CCCC3c3ccccc32)cc1OC. The molecule has 1 fully saturated rings. The zero-order chi connectivity index (χ0) is 15.8. The minimum atomic E-state index is 0.403. The highest BCUT2D eigenvalue weighted by molar-refractivity contribution is 5.49. The fraction of sp³-hybridized carbons (Fsp3) is 0.400. The molecule has 0 bridgehead atoms. The zero-order valence-electron chi connectivity index (χ0n) is 13.8. The van der Waals surface area contributed by atoms with E-state index < -0.39 is 0 Å². The van der Waals surface area contributed by atoms with Crippen molar-refractivity contribution in [3.63, 3.8) is 0 Å². The second kappa shape index (κ2) is 5.89. The zero-order valence-corrected chi connectivity index (χ0v) is 13.8. The highest BCUT2D eigenvalue weighted by Gasteiger charge is 2.36. The van der Waals surface area contributed by atoms with Gasteiger partial charge in [-0.1, -0.05) is 30.3 Å². The van der Waals surface area contributed by atoms with Gasteiger partial charge in [0.1, 0.15) is 0 Å². The lowest BCUT2D eigenvalue weighted by Gasteiger charge is -2.37. The maximum Gasteiger partial charge on any atom is 0.161 e. The van der Waals surface area contributed by atoms with Gasteiger partial charge in [0.25, 0.3) is 0 Å². The molecule has 3 heteroatoms. The average Bonchev–Trinajstić information content (AvgIpc) is 3.09. The van der Waals surface area contributed by atoms with Gasteiger partial charge in [-0.15, -0.1) is 0 Å². The quantitative estimate of drug-likeness (QED) is 0.856. The summed E-state index contributed by atoms with van der Waals surface area (Å²) in [5.41, 5.74) is 4.29. The molecule has 0 N–H and O–H groups in total. The third-order valence-electron chi connectivity index (χ3n) is 5.32. The van der Waals surface area contributed by atoms with Crippen LogP contribution < -0.4 is 9.47 Å². The van der Waals surface area contributed by atoms with E-state index in [1.807, 2.05) is 6.07 Å². The molecule has 2 aliphatic rings. The summed E-state index contributed by atoms with van der Waals surface area (Å²) in [6.07, 6.45) is 2.59. The number of benzene rings is 2. The molecule has 1 saturated heterocycles. The van der Waals surface area contributed by atoms with Crippen molar-refractivity contribution in [3.8, 4) is 11.5 Å². The lowest BCUT2D eigenvalue weighted by atomic mass is 9.81. The molecule has 2 heterocycles. The van der Waals surface area contributed by atoms with Crippen molar-refractivity contribution in [1.29, 1.82) is 0 Å². The Morgan fingerprint density at radius 3 is 2.52 bits per heavy atom. The van der Waals surface area contributed by atoms with Crippen LogP contribution in [-0.2, 0) is 0 Å². The second-order valence-electron chi connectivity index (χ2n) is 6.45. The van der Waals surface area contributed by atoms with E-state index in [1.54, 1.807) is 14.2 Å². The van der Waals surface area contributed by atoms with E-state index in [1.165, 1.54) is 36.1 Å². The second-order valence-corrected chi connectivity index (χ2v) is 6.45. The Balaban J connectivity index is 1.78. The van der Waals surface area contributed by atoms with Crippen molar-refractivity contribution in [3.05, 3.63) is 59.2 Å². The Labute approximate surface area is 137 Å². The van der Waals surface area contributed by atoms with Gasteiger partial charge in [-0.3, -0.25) is 4.90 Å². The normalized spacial score (nSPS) is 23.2. The maximum atomic E-state index is 5.50. The van der Waals surface area contributed by atoms with E-state index in [4.69, 9.17) is 9.47 Å². The van der Waals surface area contributed by atoms with Crippen LogP contribution in [0.5, 0.6) is 11.5 Å². The number of nitrogens with zero attached hydrogens (tertiary/aromatic N) is 1. The number of rotatable bonds is 3. The van der Waals surface area contributed by atoms with Crippen LogP contribution in [0.25, 0.3) is 0 Å². The molecule has 2 aliphatic heterocycles. The molecule has 23 heavy (non-hydrogen) atoms. The Morgan fingerprint density at radius 1 is 0.957 bits per heavy atom. The predicted molar refractivity (Wildman–Crippen MR) is 91.4 cm³/mol. The molecule has 2 aromatic rings. The van der Waals surface area contributed by atoms with Gasteiger partial charge in [-0.25, -0.2) is 0 Å². The van der Waals surface area contributed by atoms with E-state index in [0.29, 0.717) is 12.0 Å². The number of hydrogen-bond acceptors (Lipinski definition) is 3. The molecule has 2 atom stereocenters. The van der Waals surface area contributed by atoms with Gasteiger partial charge in [0.15, 0.2) is 11.5 Å². The van der Waals surface area contributed by atoms with Crippen LogP contribution in [0.1, 0.15) is 41.5 Å². The van der Waals surface area contributed by atoms with Crippen LogP contribution in [0.15, 0.2) is 42.5 Å². The third-order valence-corrected chi connectivity index (χ3v) is 5.32. The first-order chi connectivity index (χ1) is 11.3. The molecule has 3 nitrogen and oxygen atoms in total. The lowest BCUT2D eigenvalue weighted by molar-refractivity contribution is 0.230. The Hall–Kier alpha value is -2.00. The largest absolute Gasteiger partial charge is 0.493 e. The fourth-order valence-electron chi connectivity index (χ4n) is 4.22. The van der Waals surface area contributed by atoms with Gasteiger partial charge in [-0.05, 0) is 48.2 Å². The molecule has 0 aromatic heterocycles. The van der Waals surface area contributed by atoms with Gasteiger partial charge >= 0.3 is 0 Å². The van der Waals surface area contributed by atoms with Crippen molar-refractivity contribution in [2.24, 2.45) is 0 Å². The van der Waals surface area contributed by atoms with E-state index in [9.17, 15) is 0 Å². The molecule has 0 saturated carbocycles. The van der Waals surface area contributed by atoms with Crippen molar-refractivity contribution < 1.29 is 9.47 Å². The van der Waals surface area contributed by atoms with Crippen LogP contribution in [0.2, 0.25) is 0 Å². The smallest absolute Gasteiger partial charge is 0.161 e. The first-order valence-electron chi connectivity index (χ1n) is 8.36. The van der Waals surface area contributed by atoms with Crippen LogP contribution >= 0.6 is 0 Å². The lowest BCUT2D eigenvalue weighted by Crippen LogP contribution is -2.34. The minimum Gasteiger partial charge on any atom is -0.493 e. The monoisotopic (exact) mass is 309 g/mol. The number of fused-ring (bicyclic) bond motifs is 3. The van der Waals surface area contributed by atoms with Crippen LogP contribution in [0, 0.1) is 0 Å². The molecule has 0 radical (unpaired) electrons. The summed E-state index contributed by atoms with van der Waals surface area (Å²) in [6, 6.07) is 15.9. The molecule has 0 amide bonds. The Bertz CT molecular complexity index is 713. The molecular weight excluding hydrogens is 286 g/mol. The standard InChI is InChI=1S/C20H23NO2/c1-22-19-10-9-14(12-20(19)23-2)17-13-21-11-5-8-18(21)16-7-4-3-6-15(16)17/h3-4,6-7,9-10,12,17-18H,5,8,11,13H2,1-2H3. The predicted octanol–water partition coefficient (Wildman–Crippen LogP) is 3.99. The van der Waals surface area contributed by atoms with Gasteiger partial charge in [0.05, 0.1) is 14.2 Å². The number of hydrogen-bond donors (Lipinski definition) is 0. The Morgan fingerprint density at radius 2 is 1.74 bits per heavy atom. The van der Waals surface area contributed by atoms with Crippen molar-refractivity contribution in [2.45, 2.75) is 24.8 Å². The molecule has 0 aliphatic carbocycles. The summed E-state index contributed by atoms with van der Waals surface area (Å²) in [5.74, 6) is 2.01. The van der Waals surface area contributed by atoms with E-state index in [-0.39, 0.29) is 0 Å². The van der Waals surface area contributed by atoms with E-state index >= 15 is 0 Å². The summed E-state index contributed by atoms with van der Waals surface area (Å²) in [4.78, 5) is 2.64. The Kier molecular flexibility index (Phi) is 3.74. The van der Waals surface area contributed by atoms with E-state index in [0.717, 1.165) is 18.0 Å². The molecular formula is C20H23NO2. The third kappa shape index (κ3) is 2.40. The molecule has 4 rings (SSSR count). The summed E-state index contributed by atoms with van der Waals surface area (Å²) < 4.78 is 10.9. The fourth-order valence-corrected chi connectivity index (χ4v) is 4.22. The summed E-state index contributed by atoms with van der Waals surface area (Å²) in [5, 5.41) is 0. The van der Waals surface area contributed by atoms with Crippen LogP contribution in [-0.4, -0.2) is 32.2 Å². The van der Waals surface area contributed by atoms with Crippen LogP contribution in [0.4, 0.5) is 0 Å². The van der Waals surface area contributed by atoms with Crippen LogP contribution in [0.3, 0.4) is 0 Å². The van der Waals surface area contributed by atoms with Gasteiger partial charge in [0, 0.05) is 18.5 Å². The highest BCUT2D eigenvalue weighted by atomic mass is 16.5. The van der Waals surface area contributed by atoms with Gasteiger partial charge < -0.3 is 9.47 Å². The summed E-state index contributed by atoms with van der Waals surface area (Å²) in [6.45, 7) is 2.31. The minimum absolute atomic E-state index is 0.403. The van der Waals surface area contributed by atoms with E-state index in [2.05, 4.69) is 41.3 Å². The average molecular weight is 309 g/mol. The topological polar surface area (TPSA) is 21.7 Å². The maximum absolute atomic E-state index is 5.50. The first kappa shape index (κ1) is 14.6. The molecule has 2 aromatic carbocycles.